The quantitative estimate of drug-likeness (QED) is 0.907. The van der Waals surface area contributed by atoms with Crippen LogP contribution in [0.1, 0.15) is 22.8 Å². The van der Waals surface area contributed by atoms with Crippen molar-refractivity contribution in [3.05, 3.63) is 34.9 Å². The van der Waals surface area contributed by atoms with Crippen LogP contribution in [0.15, 0.2) is 18.2 Å². The van der Waals surface area contributed by atoms with Gasteiger partial charge in [0.25, 0.3) is 0 Å². The van der Waals surface area contributed by atoms with Crippen molar-refractivity contribution in [1.82, 2.24) is 4.90 Å². The van der Waals surface area contributed by atoms with E-state index in [2.05, 4.69) is 0 Å². The summed E-state index contributed by atoms with van der Waals surface area (Å²) in [6.07, 6.45) is -5.69. The van der Waals surface area contributed by atoms with Crippen LogP contribution >= 0.6 is 0 Å². The average molecular weight is 289 g/mol. The van der Waals surface area contributed by atoms with Gasteiger partial charge in [-0.1, -0.05) is 6.07 Å². The van der Waals surface area contributed by atoms with Gasteiger partial charge in [-0.2, -0.15) is 13.2 Å². The number of nitrogens with zero attached hydrogens (tertiary/aromatic N) is 1. The van der Waals surface area contributed by atoms with Crippen molar-refractivity contribution in [3.8, 4) is 0 Å². The van der Waals surface area contributed by atoms with E-state index in [-0.39, 0.29) is 0 Å². The van der Waals surface area contributed by atoms with E-state index >= 15 is 0 Å². The Morgan fingerprint density at radius 1 is 1.40 bits per heavy atom. The summed E-state index contributed by atoms with van der Waals surface area (Å²) in [5, 5.41) is 10.3. The largest absolute Gasteiger partial charge is 0.416 e. The van der Waals surface area contributed by atoms with E-state index in [0.29, 0.717) is 24.3 Å². The summed E-state index contributed by atoms with van der Waals surface area (Å²) in [4.78, 5) is 2.02. The number of benzene rings is 1. The summed E-state index contributed by atoms with van der Waals surface area (Å²) in [6, 6.07) is 3.39. The predicted octanol–water partition coefficient (Wildman–Crippen LogP) is 2.38. The lowest BCUT2D eigenvalue weighted by Crippen LogP contribution is -2.43. The SMILES string of the molecule is Cc1cc(C(F)(F)F)ccc1C(O)C1CN(C)CCO1. The Hall–Kier alpha value is -1.11. The van der Waals surface area contributed by atoms with Crippen molar-refractivity contribution < 1.29 is 23.0 Å². The molecule has 1 aliphatic rings. The molecule has 6 heteroatoms. The lowest BCUT2D eigenvalue weighted by atomic mass is 9.96. The molecular weight excluding hydrogens is 271 g/mol. The Morgan fingerprint density at radius 3 is 2.65 bits per heavy atom. The minimum absolute atomic E-state index is 0.413. The number of rotatable bonds is 2. The number of morpholine rings is 1. The average Bonchev–Trinajstić information content (AvgIpc) is 2.36. The van der Waals surface area contributed by atoms with Gasteiger partial charge >= 0.3 is 6.18 Å². The smallest absolute Gasteiger partial charge is 0.386 e. The molecule has 3 nitrogen and oxygen atoms in total. The second-order valence-corrected chi connectivity index (χ2v) is 5.19. The first-order chi connectivity index (χ1) is 9.29. The molecule has 2 unspecified atom stereocenters. The third-order valence-corrected chi connectivity index (χ3v) is 3.56. The molecule has 1 aromatic rings. The molecule has 1 aromatic carbocycles. The summed E-state index contributed by atoms with van der Waals surface area (Å²) < 4.78 is 43.3. The van der Waals surface area contributed by atoms with Crippen LogP contribution in [0.3, 0.4) is 0 Å². The number of halogens is 3. The van der Waals surface area contributed by atoms with E-state index in [1.807, 2.05) is 11.9 Å². The van der Waals surface area contributed by atoms with Crippen molar-refractivity contribution >= 4 is 0 Å². The number of ether oxygens (including phenoxy) is 1. The maximum Gasteiger partial charge on any atom is 0.416 e. The minimum Gasteiger partial charge on any atom is -0.386 e. The van der Waals surface area contributed by atoms with E-state index in [9.17, 15) is 18.3 Å². The zero-order valence-electron chi connectivity index (χ0n) is 11.4. The van der Waals surface area contributed by atoms with E-state index < -0.39 is 23.9 Å². The number of aryl methyl sites for hydroxylation is 1. The van der Waals surface area contributed by atoms with Gasteiger partial charge < -0.3 is 14.7 Å². The number of hydrogen-bond acceptors (Lipinski definition) is 3. The number of likely N-dealkylation sites (N-methyl/N-ethyl adjacent to an activating group) is 1. The fraction of sp³-hybridized carbons (Fsp3) is 0.571. The molecule has 0 radical (unpaired) electrons. The fourth-order valence-electron chi connectivity index (χ4n) is 2.39. The third-order valence-electron chi connectivity index (χ3n) is 3.56. The van der Waals surface area contributed by atoms with Crippen molar-refractivity contribution in [2.24, 2.45) is 0 Å². The normalized spacial score (nSPS) is 22.8. The molecule has 0 bridgehead atoms. The van der Waals surface area contributed by atoms with Crippen LogP contribution in [0, 0.1) is 6.92 Å². The first-order valence-electron chi connectivity index (χ1n) is 6.45. The fourth-order valence-corrected chi connectivity index (χ4v) is 2.39. The first kappa shape index (κ1) is 15.3. The van der Waals surface area contributed by atoms with Gasteiger partial charge in [0.1, 0.15) is 12.2 Å². The van der Waals surface area contributed by atoms with Gasteiger partial charge in [-0.05, 0) is 37.2 Å². The third kappa shape index (κ3) is 3.31. The molecule has 1 aliphatic heterocycles. The van der Waals surface area contributed by atoms with Gasteiger partial charge in [-0.15, -0.1) is 0 Å². The molecule has 0 saturated carbocycles. The van der Waals surface area contributed by atoms with Crippen LogP contribution in [-0.4, -0.2) is 42.9 Å². The van der Waals surface area contributed by atoms with Crippen LogP contribution < -0.4 is 0 Å². The highest BCUT2D eigenvalue weighted by atomic mass is 19.4. The zero-order valence-corrected chi connectivity index (χ0v) is 11.4. The number of alkyl halides is 3. The van der Waals surface area contributed by atoms with E-state index in [4.69, 9.17) is 4.74 Å². The van der Waals surface area contributed by atoms with Crippen molar-refractivity contribution in [2.75, 3.05) is 26.7 Å². The van der Waals surface area contributed by atoms with Gasteiger partial charge in [0, 0.05) is 13.1 Å². The monoisotopic (exact) mass is 289 g/mol. The molecular formula is C14H18F3NO2. The second kappa shape index (κ2) is 5.71. The summed E-state index contributed by atoms with van der Waals surface area (Å²) in [5.74, 6) is 0. The Balaban J connectivity index is 2.20. The van der Waals surface area contributed by atoms with Gasteiger partial charge in [0.2, 0.25) is 0 Å². The minimum atomic E-state index is -4.37. The Labute approximate surface area is 116 Å². The molecule has 0 aromatic heterocycles. The van der Waals surface area contributed by atoms with Crippen LogP contribution in [0.4, 0.5) is 13.2 Å². The second-order valence-electron chi connectivity index (χ2n) is 5.19. The van der Waals surface area contributed by atoms with Crippen LogP contribution in [0.25, 0.3) is 0 Å². The molecule has 2 rings (SSSR count). The van der Waals surface area contributed by atoms with Crippen LogP contribution in [-0.2, 0) is 10.9 Å². The maximum atomic E-state index is 12.6. The van der Waals surface area contributed by atoms with Gasteiger partial charge in [0.15, 0.2) is 0 Å². The summed E-state index contributed by atoms with van der Waals surface area (Å²) in [7, 11) is 1.92. The molecule has 1 fully saturated rings. The van der Waals surface area contributed by atoms with Crippen LogP contribution in [0.2, 0.25) is 0 Å². The van der Waals surface area contributed by atoms with Crippen molar-refractivity contribution in [2.45, 2.75) is 25.3 Å². The number of hydrogen-bond donors (Lipinski definition) is 1. The Kier molecular flexibility index (Phi) is 4.36. The van der Waals surface area contributed by atoms with Gasteiger partial charge in [-0.3, -0.25) is 0 Å². The van der Waals surface area contributed by atoms with Gasteiger partial charge in [0.05, 0.1) is 12.2 Å². The summed E-state index contributed by atoms with van der Waals surface area (Å²) in [5.41, 5.74) is 0.204. The highest BCUT2D eigenvalue weighted by molar-refractivity contribution is 5.34. The maximum absolute atomic E-state index is 12.6. The predicted molar refractivity (Wildman–Crippen MR) is 68.4 cm³/mol. The number of aliphatic hydroxyl groups excluding tert-OH is 1. The standard InChI is InChI=1S/C14H18F3NO2/c1-9-7-10(14(15,16)17)3-4-11(9)13(19)12-8-18(2)5-6-20-12/h3-4,7,12-13,19H,5-6,8H2,1-2H3. The highest BCUT2D eigenvalue weighted by Crippen LogP contribution is 2.32. The van der Waals surface area contributed by atoms with E-state index in [0.717, 1.165) is 18.7 Å². The molecule has 0 aliphatic carbocycles. The molecule has 0 spiro atoms. The lowest BCUT2D eigenvalue weighted by molar-refractivity contribution is -0.137. The topological polar surface area (TPSA) is 32.7 Å². The number of aliphatic hydroxyl groups is 1. The van der Waals surface area contributed by atoms with Crippen molar-refractivity contribution in [3.63, 3.8) is 0 Å². The van der Waals surface area contributed by atoms with Crippen molar-refractivity contribution in [1.29, 1.82) is 0 Å². The molecule has 1 saturated heterocycles. The summed E-state index contributed by atoms with van der Waals surface area (Å²) in [6.45, 7) is 3.43. The van der Waals surface area contributed by atoms with E-state index in [1.165, 1.54) is 6.07 Å². The molecule has 112 valence electrons. The summed E-state index contributed by atoms with van der Waals surface area (Å²) >= 11 is 0. The van der Waals surface area contributed by atoms with Crippen LogP contribution in [0.5, 0.6) is 0 Å². The molecule has 20 heavy (non-hydrogen) atoms. The molecule has 0 amide bonds. The Morgan fingerprint density at radius 2 is 2.10 bits per heavy atom. The lowest BCUT2D eigenvalue weighted by Gasteiger charge is -2.33. The molecule has 1 N–H and O–H groups in total. The van der Waals surface area contributed by atoms with Gasteiger partial charge in [-0.25, -0.2) is 0 Å². The molecule has 2 atom stereocenters. The first-order valence-corrected chi connectivity index (χ1v) is 6.45. The molecule has 1 heterocycles. The highest BCUT2D eigenvalue weighted by Gasteiger charge is 2.32. The van der Waals surface area contributed by atoms with E-state index in [1.54, 1.807) is 6.92 Å². The Bertz CT molecular complexity index is 476. The zero-order chi connectivity index (χ0) is 14.9.